The highest BCUT2D eigenvalue weighted by atomic mass is 32.2. The van der Waals surface area contributed by atoms with Gasteiger partial charge in [-0.1, -0.05) is 0 Å². The minimum Gasteiger partial charge on any atom is -0.384 e. The molecule has 1 aromatic carbocycles. The van der Waals surface area contributed by atoms with Gasteiger partial charge >= 0.3 is 6.18 Å². The molecule has 1 aromatic rings. The molecular weight excluding hydrogens is 297 g/mol. The molecule has 0 radical (unpaired) electrons. The van der Waals surface area contributed by atoms with E-state index in [0.29, 0.717) is 6.07 Å². The summed E-state index contributed by atoms with van der Waals surface area (Å²) >= 11 is 0. The number of nitro benzene ring substituents is 1. The molecule has 5 nitrogen and oxygen atoms in total. The van der Waals surface area contributed by atoms with Gasteiger partial charge in [0.1, 0.15) is 5.56 Å². The van der Waals surface area contributed by atoms with E-state index in [1.54, 1.807) is 6.92 Å². The molecule has 0 saturated heterocycles. The van der Waals surface area contributed by atoms with Crippen LogP contribution in [0.1, 0.15) is 12.5 Å². The van der Waals surface area contributed by atoms with Gasteiger partial charge in [0, 0.05) is 40.6 Å². The van der Waals surface area contributed by atoms with Crippen LogP contribution in [-0.2, 0) is 17.0 Å². The molecule has 0 fully saturated rings. The van der Waals surface area contributed by atoms with Crippen LogP contribution in [0.25, 0.3) is 0 Å². The molecule has 0 amide bonds. The summed E-state index contributed by atoms with van der Waals surface area (Å²) in [6.45, 7) is 1.89. The topological polar surface area (TPSA) is 72.2 Å². The fourth-order valence-electron chi connectivity index (χ4n) is 1.41. The number of anilines is 1. The monoisotopic (exact) mass is 310 g/mol. The largest absolute Gasteiger partial charge is 0.423 e. The Bertz CT molecular complexity index is 534. The van der Waals surface area contributed by atoms with Gasteiger partial charge in [-0.05, 0) is 19.1 Å². The SMILES string of the molecule is CC(CNc1ccc([N+](=O)[O-])c(C(F)(F)F)c1)S(C)=O. The van der Waals surface area contributed by atoms with Crippen LogP contribution in [0.5, 0.6) is 0 Å². The van der Waals surface area contributed by atoms with Crippen molar-refractivity contribution < 1.29 is 22.3 Å². The zero-order chi connectivity index (χ0) is 15.5. The quantitative estimate of drug-likeness (QED) is 0.670. The van der Waals surface area contributed by atoms with Gasteiger partial charge in [0.15, 0.2) is 0 Å². The Labute approximate surface area is 115 Å². The molecule has 0 saturated carbocycles. The van der Waals surface area contributed by atoms with Crippen molar-refractivity contribution in [1.29, 1.82) is 0 Å². The van der Waals surface area contributed by atoms with E-state index in [1.165, 1.54) is 12.3 Å². The van der Waals surface area contributed by atoms with Gasteiger partial charge < -0.3 is 5.32 Å². The van der Waals surface area contributed by atoms with Gasteiger partial charge in [-0.3, -0.25) is 14.3 Å². The van der Waals surface area contributed by atoms with Crippen molar-refractivity contribution in [3.63, 3.8) is 0 Å². The molecule has 9 heteroatoms. The summed E-state index contributed by atoms with van der Waals surface area (Å²) in [5.41, 5.74) is -2.20. The van der Waals surface area contributed by atoms with Crippen LogP contribution in [0, 0.1) is 10.1 Å². The van der Waals surface area contributed by atoms with Crippen molar-refractivity contribution in [2.45, 2.75) is 18.3 Å². The average Bonchev–Trinajstić information content (AvgIpc) is 2.34. The molecule has 0 aliphatic carbocycles. The fourth-order valence-corrected chi connectivity index (χ4v) is 1.73. The van der Waals surface area contributed by atoms with Crippen molar-refractivity contribution >= 4 is 22.2 Å². The second-order valence-corrected chi connectivity index (χ2v) is 5.98. The summed E-state index contributed by atoms with van der Waals surface area (Å²) in [6, 6.07) is 2.68. The molecule has 2 atom stereocenters. The first kappa shape index (κ1) is 16.4. The zero-order valence-electron chi connectivity index (χ0n) is 10.7. The molecule has 0 bridgehead atoms. The van der Waals surface area contributed by atoms with Gasteiger partial charge in [0.05, 0.1) is 4.92 Å². The lowest BCUT2D eigenvalue weighted by molar-refractivity contribution is -0.388. The summed E-state index contributed by atoms with van der Waals surface area (Å²) in [4.78, 5) is 9.51. The van der Waals surface area contributed by atoms with Gasteiger partial charge in [-0.15, -0.1) is 0 Å². The van der Waals surface area contributed by atoms with Gasteiger partial charge in [0.2, 0.25) is 0 Å². The minimum absolute atomic E-state index is 0.0974. The molecule has 1 N–H and O–H groups in total. The zero-order valence-corrected chi connectivity index (χ0v) is 11.5. The molecule has 2 unspecified atom stereocenters. The lowest BCUT2D eigenvalue weighted by atomic mass is 10.1. The van der Waals surface area contributed by atoms with E-state index >= 15 is 0 Å². The van der Waals surface area contributed by atoms with E-state index in [9.17, 15) is 27.5 Å². The fraction of sp³-hybridized carbons (Fsp3) is 0.455. The number of halogens is 3. The summed E-state index contributed by atoms with van der Waals surface area (Å²) in [6.07, 6.45) is -3.32. The van der Waals surface area contributed by atoms with Crippen LogP contribution in [0.2, 0.25) is 0 Å². The molecule has 20 heavy (non-hydrogen) atoms. The predicted octanol–water partition coefficient (Wildman–Crippen LogP) is 2.79. The summed E-state index contributed by atoms with van der Waals surface area (Å²) in [7, 11) is -1.11. The summed E-state index contributed by atoms with van der Waals surface area (Å²) < 4.78 is 49.3. The standard InChI is InChI=1S/C11H13F3N2O3S/c1-7(20(2)19)6-15-8-3-4-10(16(17)18)9(5-8)11(12,13)14/h3-5,7,15H,6H2,1-2H3. The Hall–Kier alpha value is -1.64. The Morgan fingerprint density at radius 2 is 2.05 bits per heavy atom. The van der Waals surface area contributed by atoms with Crippen LogP contribution in [0.15, 0.2) is 18.2 Å². The number of hydrogen-bond acceptors (Lipinski definition) is 4. The van der Waals surface area contributed by atoms with E-state index in [0.717, 1.165) is 6.07 Å². The third-order valence-corrected chi connectivity index (χ3v) is 3.96. The number of alkyl halides is 3. The molecular formula is C11H13F3N2O3S. The average molecular weight is 310 g/mol. The maximum absolute atomic E-state index is 12.7. The van der Waals surface area contributed by atoms with Crippen molar-refractivity contribution in [1.82, 2.24) is 0 Å². The predicted molar refractivity (Wildman–Crippen MR) is 70.1 cm³/mol. The van der Waals surface area contributed by atoms with Crippen LogP contribution in [0.3, 0.4) is 0 Å². The van der Waals surface area contributed by atoms with E-state index in [1.807, 2.05) is 0 Å². The number of nitrogens with zero attached hydrogens (tertiary/aromatic N) is 1. The normalized spacial score (nSPS) is 14.7. The number of nitrogens with one attached hydrogen (secondary N) is 1. The molecule has 0 aliphatic rings. The summed E-state index contributed by atoms with van der Waals surface area (Å²) in [5, 5.41) is 13.0. The number of rotatable bonds is 5. The van der Waals surface area contributed by atoms with Crippen molar-refractivity contribution in [3.05, 3.63) is 33.9 Å². The smallest absolute Gasteiger partial charge is 0.384 e. The van der Waals surface area contributed by atoms with Crippen LogP contribution < -0.4 is 5.32 Å². The van der Waals surface area contributed by atoms with E-state index in [4.69, 9.17) is 0 Å². The second-order valence-electron chi connectivity index (χ2n) is 4.18. The maximum Gasteiger partial charge on any atom is 0.423 e. The Morgan fingerprint density at radius 3 is 2.50 bits per heavy atom. The first-order chi connectivity index (χ1) is 9.12. The lowest BCUT2D eigenvalue weighted by Gasteiger charge is -2.13. The molecule has 0 aromatic heterocycles. The lowest BCUT2D eigenvalue weighted by Crippen LogP contribution is -2.21. The van der Waals surface area contributed by atoms with Crippen molar-refractivity contribution in [3.8, 4) is 0 Å². The van der Waals surface area contributed by atoms with Gasteiger partial charge in [-0.25, -0.2) is 0 Å². The summed E-state index contributed by atoms with van der Waals surface area (Å²) in [5.74, 6) is 0. The first-order valence-electron chi connectivity index (χ1n) is 5.54. The molecule has 0 heterocycles. The van der Waals surface area contributed by atoms with Gasteiger partial charge in [0.25, 0.3) is 5.69 Å². The van der Waals surface area contributed by atoms with E-state index < -0.39 is 33.2 Å². The highest BCUT2D eigenvalue weighted by Gasteiger charge is 2.38. The third kappa shape index (κ3) is 4.19. The third-order valence-electron chi connectivity index (χ3n) is 2.66. The number of hydrogen-bond donors (Lipinski definition) is 1. The van der Waals surface area contributed by atoms with Crippen molar-refractivity contribution in [2.24, 2.45) is 0 Å². The molecule has 112 valence electrons. The number of nitro groups is 1. The Morgan fingerprint density at radius 1 is 1.45 bits per heavy atom. The Balaban J connectivity index is 3.02. The highest BCUT2D eigenvalue weighted by molar-refractivity contribution is 7.84. The highest BCUT2D eigenvalue weighted by Crippen LogP contribution is 2.37. The maximum atomic E-state index is 12.7. The van der Waals surface area contributed by atoms with E-state index in [-0.39, 0.29) is 17.5 Å². The van der Waals surface area contributed by atoms with E-state index in [2.05, 4.69) is 5.32 Å². The van der Waals surface area contributed by atoms with Crippen molar-refractivity contribution in [2.75, 3.05) is 18.1 Å². The van der Waals surface area contributed by atoms with Crippen LogP contribution in [-0.4, -0.2) is 27.2 Å². The number of benzene rings is 1. The molecule has 1 rings (SSSR count). The Kier molecular flexibility index (Phi) is 5.09. The van der Waals surface area contributed by atoms with Gasteiger partial charge in [-0.2, -0.15) is 13.2 Å². The molecule has 0 spiro atoms. The van der Waals surface area contributed by atoms with Crippen LogP contribution >= 0.6 is 0 Å². The molecule has 0 aliphatic heterocycles. The van der Waals surface area contributed by atoms with Crippen LogP contribution in [0.4, 0.5) is 24.5 Å². The second kappa shape index (κ2) is 6.21. The minimum atomic E-state index is -4.81. The first-order valence-corrected chi connectivity index (χ1v) is 7.16.